The van der Waals surface area contributed by atoms with Crippen molar-refractivity contribution in [2.24, 2.45) is 5.73 Å². The summed E-state index contributed by atoms with van der Waals surface area (Å²) in [6, 6.07) is 0. The van der Waals surface area contributed by atoms with Gasteiger partial charge in [0.05, 0.1) is 0 Å². The third-order valence-corrected chi connectivity index (χ3v) is 0.653. The van der Waals surface area contributed by atoms with Gasteiger partial charge in [0.1, 0.15) is 0 Å². The van der Waals surface area contributed by atoms with E-state index in [-0.39, 0.29) is 13.0 Å². The van der Waals surface area contributed by atoms with Gasteiger partial charge in [-0.2, -0.15) is 13.2 Å². The molecular weight excluding hydrogens is 149 g/mol. The highest BCUT2D eigenvalue weighted by molar-refractivity contribution is 5.76. The molecule has 1 amide bonds. The zero-order valence-corrected chi connectivity index (χ0v) is 5.03. The molecule has 0 fully saturated rings. The molecule has 0 unspecified atom stereocenters. The fourth-order valence-corrected chi connectivity index (χ4v) is 0.352. The molecule has 0 aromatic heterocycles. The van der Waals surface area contributed by atoms with Crippen LogP contribution in [-0.2, 0) is 4.79 Å². The Morgan fingerprint density at radius 2 is 2.00 bits per heavy atom. The van der Waals surface area contributed by atoms with Gasteiger partial charge in [0.15, 0.2) is 0 Å². The van der Waals surface area contributed by atoms with Crippen molar-refractivity contribution in [1.29, 1.82) is 0 Å². The molecule has 3 N–H and O–H groups in total. The molecule has 0 aliphatic rings. The molecule has 60 valence electrons. The highest BCUT2D eigenvalue weighted by Crippen LogP contribution is 2.08. The lowest BCUT2D eigenvalue weighted by molar-refractivity contribution is -0.169. The Kier molecular flexibility index (Phi) is 3.14. The first-order valence-corrected chi connectivity index (χ1v) is 2.53. The lowest BCUT2D eigenvalue weighted by Crippen LogP contribution is -2.37. The van der Waals surface area contributed by atoms with Crippen LogP contribution in [0, 0.1) is 0 Å². The van der Waals surface area contributed by atoms with Crippen LogP contribution in [0.3, 0.4) is 0 Å². The molecule has 6 heteroatoms. The third kappa shape index (κ3) is 5.36. The SMILES string of the molecule is NCCC(=O)NC(F)(F)F. The lowest BCUT2D eigenvalue weighted by Gasteiger charge is -2.06. The number of carbonyl (C=O) groups excluding carboxylic acids is 1. The average molecular weight is 156 g/mol. The molecule has 0 bridgehead atoms. The molecule has 0 radical (unpaired) electrons. The molecule has 0 saturated heterocycles. The van der Waals surface area contributed by atoms with E-state index in [0.29, 0.717) is 0 Å². The Balaban J connectivity index is 3.58. The first kappa shape index (κ1) is 9.22. The first-order valence-electron chi connectivity index (χ1n) is 2.53. The van der Waals surface area contributed by atoms with E-state index >= 15 is 0 Å². The number of rotatable bonds is 2. The van der Waals surface area contributed by atoms with Gasteiger partial charge in [-0.3, -0.25) is 10.1 Å². The van der Waals surface area contributed by atoms with E-state index in [1.165, 1.54) is 0 Å². The molecule has 3 nitrogen and oxygen atoms in total. The second-order valence-electron chi connectivity index (χ2n) is 1.58. The smallest absolute Gasteiger partial charge is 0.330 e. The number of nitrogens with two attached hydrogens (primary N) is 1. The predicted octanol–water partition coefficient (Wildman–Crippen LogP) is -0.0288. The Labute approximate surface area is 55.4 Å². The second-order valence-corrected chi connectivity index (χ2v) is 1.58. The molecule has 0 rings (SSSR count). The molecular formula is C4H7F3N2O. The number of hydrogen-bond acceptors (Lipinski definition) is 2. The monoisotopic (exact) mass is 156 g/mol. The van der Waals surface area contributed by atoms with E-state index in [9.17, 15) is 18.0 Å². The fraction of sp³-hybridized carbons (Fsp3) is 0.750. The summed E-state index contributed by atoms with van der Waals surface area (Å²) in [5.41, 5.74) is 4.82. The standard InChI is InChI=1S/C4H7F3N2O/c5-4(6,7)9-3(10)1-2-8/h1-2,8H2,(H,9,10). The summed E-state index contributed by atoms with van der Waals surface area (Å²) < 4.78 is 33.8. The highest BCUT2D eigenvalue weighted by atomic mass is 19.4. The van der Waals surface area contributed by atoms with E-state index in [2.05, 4.69) is 0 Å². The van der Waals surface area contributed by atoms with Crippen LogP contribution >= 0.6 is 0 Å². The number of nitrogens with one attached hydrogen (secondary N) is 1. The molecule has 0 aliphatic carbocycles. The summed E-state index contributed by atoms with van der Waals surface area (Å²) in [6.45, 7) is -0.0814. The van der Waals surface area contributed by atoms with Gasteiger partial charge in [-0.1, -0.05) is 0 Å². The maximum Gasteiger partial charge on any atom is 0.484 e. The maximum absolute atomic E-state index is 11.3. The van der Waals surface area contributed by atoms with Crippen LogP contribution in [0.15, 0.2) is 0 Å². The van der Waals surface area contributed by atoms with Crippen molar-refractivity contribution in [1.82, 2.24) is 5.32 Å². The van der Waals surface area contributed by atoms with Crippen molar-refractivity contribution in [3.8, 4) is 0 Å². The average Bonchev–Trinajstić information content (AvgIpc) is 1.59. The van der Waals surface area contributed by atoms with Crippen LogP contribution < -0.4 is 11.1 Å². The zero-order valence-electron chi connectivity index (χ0n) is 5.03. The molecule has 0 aromatic rings. The second kappa shape index (κ2) is 3.40. The topological polar surface area (TPSA) is 55.1 Å². The summed E-state index contributed by atoms with van der Waals surface area (Å²) in [7, 11) is 0. The van der Waals surface area contributed by atoms with E-state index in [4.69, 9.17) is 5.73 Å². The molecule has 0 atom stereocenters. The van der Waals surface area contributed by atoms with Gasteiger partial charge >= 0.3 is 6.30 Å². The van der Waals surface area contributed by atoms with E-state index in [1.54, 1.807) is 0 Å². The largest absolute Gasteiger partial charge is 0.484 e. The van der Waals surface area contributed by atoms with Gasteiger partial charge in [0, 0.05) is 13.0 Å². The van der Waals surface area contributed by atoms with Crippen molar-refractivity contribution in [3.05, 3.63) is 0 Å². The number of carbonyl (C=O) groups is 1. The van der Waals surface area contributed by atoms with Crippen molar-refractivity contribution in [2.45, 2.75) is 12.7 Å². The quantitative estimate of drug-likeness (QED) is 0.551. The maximum atomic E-state index is 11.3. The van der Waals surface area contributed by atoms with Crippen molar-refractivity contribution in [3.63, 3.8) is 0 Å². The highest BCUT2D eigenvalue weighted by Gasteiger charge is 2.29. The number of halogens is 3. The van der Waals surface area contributed by atoms with Crippen molar-refractivity contribution in [2.75, 3.05) is 6.54 Å². The summed E-state index contributed by atoms with van der Waals surface area (Å²) >= 11 is 0. The van der Waals surface area contributed by atoms with Crippen LogP contribution in [0.25, 0.3) is 0 Å². The number of hydrogen-bond donors (Lipinski definition) is 2. The van der Waals surface area contributed by atoms with Gasteiger partial charge in [-0.15, -0.1) is 0 Å². The van der Waals surface area contributed by atoms with Crippen LogP contribution in [0.5, 0.6) is 0 Å². The summed E-state index contributed by atoms with van der Waals surface area (Å²) in [5, 5.41) is 0.801. The van der Waals surface area contributed by atoms with E-state index in [0.717, 1.165) is 5.32 Å². The van der Waals surface area contributed by atoms with Crippen LogP contribution in [0.1, 0.15) is 6.42 Å². The number of amides is 1. The van der Waals surface area contributed by atoms with Crippen LogP contribution in [0.2, 0.25) is 0 Å². The normalized spacial score (nSPS) is 11.2. The molecule has 0 saturated carbocycles. The number of alkyl halides is 3. The fourth-order valence-electron chi connectivity index (χ4n) is 0.352. The van der Waals surface area contributed by atoms with E-state index in [1.807, 2.05) is 0 Å². The van der Waals surface area contributed by atoms with Crippen molar-refractivity contribution >= 4 is 5.91 Å². The van der Waals surface area contributed by atoms with Gasteiger partial charge < -0.3 is 5.73 Å². The Morgan fingerprint density at radius 1 is 1.50 bits per heavy atom. The summed E-state index contributed by atoms with van der Waals surface area (Å²) in [4.78, 5) is 10.1. The predicted molar refractivity (Wildman–Crippen MR) is 27.9 cm³/mol. The third-order valence-electron chi connectivity index (χ3n) is 0.653. The van der Waals surface area contributed by atoms with Gasteiger partial charge in [0.25, 0.3) is 0 Å². The van der Waals surface area contributed by atoms with Gasteiger partial charge in [-0.05, 0) is 0 Å². The zero-order chi connectivity index (χ0) is 8.20. The first-order chi connectivity index (χ1) is 4.45. The Morgan fingerprint density at radius 3 is 2.30 bits per heavy atom. The lowest BCUT2D eigenvalue weighted by atomic mass is 10.4. The Hall–Kier alpha value is -0.780. The molecule has 0 aliphatic heterocycles. The van der Waals surface area contributed by atoms with Crippen molar-refractivity contribution < 1.29 is 18.0 Å². The van der Waals surface area contributed by atoms with Gasteiger partial charge in [-0.25, -0.2) is 0 Å². The molecule has 0 spiro atoms. The van der Waals surface area contributed by atoms with Gasteiger partial charge in [0.2, 0.25) is 5.91 Å². The molecule has 10 heavy (non-hydrogen) atoms. The van der Waals surface area contributed by atoms with Crippen LogP contribution in [0.4, 0.5) is 13.2 Å². The van der Waals surface area contributed by atoms with Crippen LogP contribution in [-0.4, -0.2) is 18.8 Å². The summed E-state index contributed by atoms with van der Waals surface area (Å²) in [5.74, 6) is -1.10. The minimum absolute atomic E-state index is 0.0814. The minimum atomic E-state index is -4.63. The molecule has 0 aromatic carbocycles. The minimum Gasteiger partial charge on any atom is -0.330 e. The molecule has 0 heterocycles. The summed E-state index contributed by atoms with van der Waals surface area (Å²) in [6.07, 6.45) is -4.94. The Bertz CT molecular complexity index is 122. The van der Waals surface area contributed by atoms with E-state index < -0.39 is 12.2 Å².